The van der Waals surface area contributed by atoms with Crippen LogP contribution in [0, 0.1) is 0 Å². The van der Waals surface area contributed by atoms with Gasteiger partial charge < -0.3 is 9.64 Å². The second kappa shape index (κ2) is 5.43. The lowest BCUT2D eigenvalue weighted by Crippen LogP contribution is -2.16. The maximum atomic E-state index is 5.04. The second-order valence-corrected chi connectivity index (χ2v) is 3.80. The SMILES string of the molecule is C=C(CSC(=S)N(C)C)OC. The normalized spacial score (nSPS) is 9.00. The number of thiocarbonyl (C=S) groups is 1. The first kappa shape index (κ1) is 10.8. The molecule has 0 heterocycles. The Morgan fingerprint density at radius 1 is 1.64 bits per heavy atom. The van der Waals surface area contributed by atoms with Gasteiger partial charge in [-0.25, -0.2) is 0 Å². The summed E-state index contributed by atoms with van der Waals surface area (Å²) < 4.78 is 5.74. The van der Waals surface area contributed by atoms with Crippen LogP contribution >= 0.6 is 24.0 Å². The highest BCUT2D eigenvalue weighted by molar-refractivity contribution is 8.23. The molecule has 11 heavy (non-hydrogen) atoms. The highest BCUT2D eigenvalue weighted by atomic mass is 32.2. The van der Waals surface area contributed by atoms with Gasteiger partial charge in [-0.15, -0.1) is 0 Å². The molecule has 0 rings (SSSR count). The molecule has 0 radical (unpaired) electrons. The lowest BCUT2D eigenvalue weighted by atomic mass is 10.7. The van der Waals surface area contributed by atoms with Crippen LogP contribution < -0.4 is 0 Å². The van der Waals surface area contributed by atoms with Crippen molar-refractivity contribution in [3.63, 3.8) is 0 Å². The van der Waals surface area contributed by atoms with Gasteiger partial charge in [0, 0.05) is 14.1 Å². The maximum Gasteiger partial charge on any atom is 0.136 e. The zero-order chi connectivity index (χ0) is 8.85. The van der Waals surface area contributed by atoms with Crippen molar-refractivity contribution in [3.05, 3.63) is 12.3 Å². The molecule has 64 valence electrons. The third-order valence-corrected chi connectivity index (χ3v) is 2.81. The van der Waals surface area contributed by atoms with E-state index in [2.05, 4.69) is 6.58 Å². The average molecular weight is 191 g/mol. The molecule has 0 aromatic carbocycles. The molecular weight excluding hydrogens is 178 g/mol. The first-order chi connectivity index (χ1) is 5.07. The molecule has 4 heteroatoms. The van der Waals surface area contributed by atoms with Crippen molar-refractivity contribution in [1.29, 1.82) is 0 Å². The van der Waals surface area contributed by atoms with Crippen molar-refractivity contribution in [1.82, 2.24) is 4.90 Å². The van der Waals surface area contributed by atoms with Gasteiger partial charge in [-0.3, -0.25) is 0 Å². The van der Waals surface area contributed by atoms with E-state index in [4.69, 9.17) is 17.0 Å². The van der Waals surface area contributed by atoms with Gasteiger partial charge in [0.05, 0.1) is 18.6 Å². The topological polar surface area (TPSA) is 12.5 Å². The van der Waals surface area contributed by atoms with Crippen molar-refractivity contribution in [3.8, 4) is 0 Å². The predicted molar refractivity (Wildman–Crippen MR) is 54.9 cm³/mol. The van der Waals surface area contributed by atoms with E-state index in [1.54, 1.807) is 18.9 Å². The van der Waals surface area contributed by atoms with E-state index in [1.807, 2.05) is 19.0 Å². The minimum absolute atomic E-state index is 0.730. The molecule has 0 saturated heterocycles. The highest BCUT2D eigenvalue weighted by Crippen LogP contribution is 2.10. The summed E-state index contributed by atoms with van der Waals surface area (Å²) in [4.78, 5) is 1.89. The molecule has 0 bridgehead atoms. The van der Waals surface area contributed by atoms with Crippen molar-refractivity contribution in [2.24, 2.45) is 0 Å². The van der Waals surface area contributed by atoms with Crippen LogP contribution in [0.25, 0.3) is 0 Å². The smallest absolute Gasteiger partial charge is 0.136 e. The molecule has 0 amide bonds. The van der Waals surface area contributed by atoms with E-state index in [-0.39, 0.29) is 0 Å². The molecule has 0 aliphatic rings. The van der Waals surface area contributed by atoms with Crippen LogP contribution in [-0.2, 0) is 4.74 Å². The van der Waals surface area contributed by atoms with Crippen LogP contribution in [0.4, 0.5) is 0 Å². The van der Waals surface area contributed by atoms with Gasteiger partial charge >= 0.3 is 0 Å². The van der Waals surface area contributed by atoms with E-state index in [0.29, 0.717) is 0 Å². The monoisotopic (exact) mass is 191 g/mol. The molecule has 0 aliphatic carbocycles. The van der Waals surface area contributed by atoms with E-state index in [0.717, 1.165) is 15.8 Å². The second-order valence-electron chi connectivity index (χ2n) is 2.19. The average Bonchev–Trinajstić information content (AvgIpc) is 1.99. The fraction of sp³-hybridized carbons (Fsp3) is 0.571. The van der Waals surface area contributed by atoms with Crippen LogP contribution in [0.15, 0.2) is 12.3 Å². The number of hydrogen-bond acceptors (Lipinski definition) is 3. The highest BCUT2D eigenvalue weighted by Gasteiger charge is 2.00. The summed E-state index contributed by atoms with van der Waals surface area (Å²) >= 11 is 6.59. The van der Waals surface area contributed by atoms with Crippen LogP contribution in [0.5, 0.6) is 0 Å². The van der Waals surface area contributed by atoms with Crippen molar-refractivity contribution < 1.29 is 4.74 Å². The minimum atomic E-state index is 0.730. The molecule has 2 nitrogen and oxygen atoms in total. The molecule has 0 fully saturated rings. The van der Waals surface area contributed by atoms with Crippen molar-refractivity contribution in [2.45, 2.75) is 0 Å². The van der Waals surface area contributed by atoms with Crippen LogP contribution in [0.2, 0.25) is 0 Å². The zero-order valence-electron chi connectivity index (χ0n) is 7.09. The van der Waals surface area contributed by atoms with Gasteiger partial charge in [-0.1, -0.05) is 30.6 Å². The summed E-state index contributed by atoms with van der Waals surface area (Å²) in [5, 5.41) is 0. The quantitative estimate of drug-likeness (QED) is 0.497. The van der Waals surface area contributed by atoms with Gasteiger partial charge in [0.1, 0.15) is 4.32 Å². The number of ether oxygens (including phenoxy) is 1. The van der Waals surface area contributed by atoms with E-state index < -0.39 is 0 Å². The number of methoxy groups -OCH3 is 1. The maximum absolute atomic E-state index is 5.04. The summed E-state index contributed by atoms with van der Waals surface area (Å²) in [5.41, 5.74) is 0. The third-order valence-electron chi connectivity index (χ3n) is 1.01. The zero-order valence-corrected chi connectivity index (χ0v) is 8.72. The summed E-state index contributed by atoms with van der Waals surface area (Å²) in [6.45, 7) is 3.68. The molecule has 0 aromatic rings. The number of thioether (sulfide) groups is 1. The Labute approximate surface area is 77.6 Å². The summed E-state index contributed by atoms with van der Waals surface area (Å²) in [7, 11) is 5.46. The molecule has 0 unspecified atom stereocenters. The Morgan fingerprint density at radius 2 is 2.18 bits per heavy atom. The van der Waals surface area contributed by atoms with Gasteiger partial charge in [0.15, 0.2) is 0 Å². The van der Waals surface area contributed by atoms with E-state index >= 15 is 0 Å². The number of nitrogens with zero attached hydrogens (tertiary/aromatic N) is 1. The fourth-order valence-electron chi connectivity index (χ4n) is 0.330. The van der Waals surface area contributed by atoms with Crippen LogP contribution in [0.3, 0.4) is 0 Å². The predicted octanol–water partition coefficient (Wildman–Crippen LogP) is 1.73. The van der Waals surface area contributed by atoms with E-state index in [1.165, 1.54) is 0 Å². The van der Waals surface area contributed by atoms with Crippen molar-refractivity contribution >= 4 is 28.3 Å². The lowest BCUT2D eigenvalue weighted by Gasteiger charge is -2.12. The number of hydrogen-bond donors (Lipinski definition) is 0. The Kier molecular flexibility index (Phi) is 5.32. The van der Waals surface area contributed by atoms with Gasteiger partial charge in [0.25, 0.3) is 0 Å². The summed E-state index contributed by atoms with van der Waals surface area (Å²) in [6.07, 6.45) is 0. The Morgan fingerprint density at radius 3 is 2.55 bits per heavy atom. The Hall–Kier alpha value is -0.220. The van der Waals surface area contributed by atoms with Crippen LogP contribution in [-0.4, -0.2) is 36.2 Å². The largest absolute Gasteiger partial charge is 0.501 e. The first-order valence-electron chi connectivity index (χ1n) is 3.13. The van der Waals surface area contributed by atoms with E-state index in [9.17, 15) is 0 Å². The van der Waals surface area contributed by atoms with Gasteiger partial charge in [-0.2, -0.15) is 0 Å². The standard InChI is InChI=1S/C7H13NOS2/c1-6(9-4)5-11-7(10)8(2)3/h1,5H2,2-4H3. The summed E-state index contributed by atoms with van der Waals surface area (Å²) in [6, 6.07) is 0. The van der Waals surface area contributed by atoms with Gasteiger partial charge in [-0.05, 0) is 0 Å². The minimum Gasteiger partial charge on any atom is -0.501 e. The molecule has 0 spiro atoms. The number of rotatable bonds is 3. The first-order valence-corrected chi connectivity index (χ1v) is 4.53. The molecular formula is C7H13NOS2. The third kappa shape index (κ3) is 5.09. The molecule has 0 aromatic heterocycles. The van der Waals surface area contributed by atoms with Crippen molar-refractivity contribution in [2.75, 3.05) is 27.0 Å². The fourth-order valence-corrected chi connectivity index (χ4v) is 1.17. The summed E-state index contributed by atoms with van der Waals surface area (Å²) in [5.74, 6) is 1.48. The Bertz CT molecular complexity index is 157. The molecule has 0 N–H and O–H groups in total. The Balaban J connectivity index is 3.54. The molecule has 0 saturated carbocycles. The van der Waals surface area contributed by atoms with Crippen LogP contribution in [0.1, 0.15) is 0 Å². The molecule has 0 atom stereocenters. The lowest BCUT2D eigenvalue weighted by molar-refractivity contribution is 0.298. The van der Waals surface area contributed by atoms with Gasteiger partial charge in [0.2, 0.25) is 0 Å². The molecule has 0 aliphatic heterocycles.